The highest BCUT2D eigenvalue weighted by molar-refractivity contribution is 5.91. The van der Waals surface area contributed by atoms with Gasteiger partial charge in [-0.2, -0.15) is 0 Å². The fourth-order valence-electron chi connectivity index (χ4n) is 4.10. The van der Waals surface area contributed by atoms with E-state index in [-0.39, 0.29) is 5.82 Å². The first-order valence-corrected chi connectivity index (χ1v) is 10.3. The van der Waals surface area contributed by atoms with Gasteiger partial charge in [0.05, 0.1) is 6.61 Å². The van der Waals surface area contributed by atoms with Gasteiger partial charge in [-0.25, -0.2) is 4.39 Å². The van der Waals surface area contributed by atoms with Gasteiger partial charge >= 0.3 is 0 Å². The number of nitrogens with one attached hydrogen (secondary N) is 1. The lowest BCUT2D eigenvalue weighted by Crippen LogP contribution is -2.31. The first-order valence-electron chi connectivity index (χ1n) is 10.3. The summed E-state index contributed by atoms with van der Waals surface area (Å²) in [6, 6.07) is 21.4. The van der Waals surface area contributed by atoms with E-state index in [4.69, 9.17) is 9.26 Å². The van der Waals surface area contributed by atoms with E-state index in [2.05, 4.69) is 34.7 Å². The van der Waals surface area contributed by atoms with Gasteiger partial charge in [0.15, 0.2) is 5.58 Å². The summed E-state index contributed by atoms with van der Waals surface area (Å²) in [6.07, 6.45) is 3.18. The monoisotopic (exact) mass is 402 g/mol. The molecular formula is C25H23FN2O2. The average Bonchev–Trinajstić information content (AvgIpc) is 3.37. The molecule has 5 rings (SSSR count). The van der Waals surface area contributed by atoms with Crippen LogP contribution in [0, 0.1) is 5.82 Å². The Morgan fingerprint density at radius 1 is 1.00 bits per heavy atom. The summed E-state index contributed by atoms with van der Waals surface area (Å²) in [7, 11) is 0. The topological polar surface area (TPSA) is 47.3 Å². The third-order valence-electron chi connectivity index (χ3n) is 5.64. The molecule has 30 heavy (non-hydrogen) atoms. The van der Waals surface area contributed by atoms with Crippen molar-refractivity contribution < 1.29 is 13.7 Å². The maximum Gasteiger partial charge on any atom is 0.170 e. The largest absolute Gasteiger partial charge is 0.494 e. The van der Waals surface area contributed by atoms with Gasteiger partial charge in [-0.3, -0.25) is 0 Å². The van der Waals surface area contributed by atoms with E-state index in [0.717, 1.165) is 42.5 Å². The molecule has 152 valence electrons. The first kappa shape index (κ1) is 18.8. The lowest BCUT2D eigenvalue weighted by atomic mass is 10.1. The average molecular weight is 402 g/mol. The van der Waals surface area contributed by atoms with Crippen LogP contribution in [0.3, 0.4) is 0 Å². The highest BCUT2D eigenvalue weighted by Gasteiger charge is 2.19. The summed E-state index contributed by atoms with van der Waals surface area (Å²) >= 11 is 0. The van der Waals surface area contributed by atoms with Gasteiger partial charge < -0.3 is 14.6 Å². The van der Waals surface area contributed by atoms with Crippen molar-refractivity contribution >= 4 is 11.0 Å². The predicted molar refractivity (Wildman–Crippen MR) is 115 cm³/mol. The number of hydrogen-bond donors (Lipinski definition) is 1. The zero-order chi connectivity index (χ0) is 20.3. The van der Waals surface area contributed by atoms with Crippen molar-refractivity contribution in [1.29, 1.82) is 0 Å². The number of nitrogens with zero attached hydrogens (tertiary/aromatic N) is 1. The Morgan fingerprint density at radius 2 is 1.77 bits per heavy atom. The van der Waals surface area contributed by atoms with Crippen molar-refractivity contribution in [3.8, 4) is 17.0 Å². The van der Waals surface area contributed by atoms with Crippen LogP contribution in [0.4, 0.5) is 4.39 Å². The first-order chi connectivity index (χ1) is 14.8. The molecule has 0 saturated carbocycles. The molecule has 1 heterocycles. The molecule has 0 fully saturated rings. The van der Waals surface area contributed by atoms with E-state index in [1.807, 2.05) is 24.3 Å². The number of fused-ring (bicyclic) bond motifs is 2. The second kappa shape index (κ2) is 8.28. The van der Waals surface area contributed by atoms with Crippen molar-refractivity contribution in [2.75, 3.05) is 13.2 Å². The molecule has 0 bridgehead atoms. The zero-order valence-electron chi connectivity index (χ0n) is 16.6. The van der Waals surface area contributed by atoms with Crippen LogP contribution in [0.15, 0.2) is 71.3 Å². The molecule has 0 amide bonds. The third-order valence-corrected chi connectivity index (χ3v) is 5.64. The lowest BCUT2D eigenvalue weighted by molar-refractivity contribution is 0.305. The van der Waals surface area contributed by atoms with Gasteiger partial charge in [0.2, 0.25) is 0 Å². The fraction of sp³-hybridized carbons (Fsp3) is 0.240. The minimum Gasteiger partial charge on any atom is -0.494 e. The van der Waals surface area contributed by atoms with Crippen LogP contribution in [0.1, 0.15) is 17.5 Å². The summed E-state index contributed by atoms with van der Waals surface area (Å²) < 4.78 is 24.4. The molecule has 1 N–H and O–H groups in total. The molecule has 3 aromatic carbocycles. The van der Waals surface area contributed by atoms with Crippen molar-refractivity contribution in [2.45, 2.75) is 25.3 Å². The molecule has 4 nitrogen and oxygen atoms in total. The molecule has 0 unspecified atom stereocenters. The van der Waals surface area contributed by atoms with E-state index >= 15 is 0 Å². The van der Waals surface area contributed by atoms with Gasteiger partial charge in [0.25, 0.3) is 0 Å². The molecule has 1 aliphatic rings. The summed E-state index contributed by atoms with van der Waals surface area (Å²) in [5, 5.41) is 8.52. The van der Waals surface area contributed by atoms with E-state index in [1.54, 1.807) is 6.07 Å². The maximum atomic E-state index is 13.3. The highest BCUT2D eigenvalue weighted by atomic mass is 19.1. The minimum atomic E-state index is -0.332. The molecule has 0 atom stereocenters. The van der Waals surface area contributed by atoms with Crippen molar-refractivity contribution in [3.05, 3.63) is 83.7 Å². The molecular weight excluding hydrogens is 379 g/mol. The Morgan fingerprint density at radius 3 is 2.53 bits per heavy atom. The Hall–Kier alpha value is -3.18. The van der Waals surface area contributed by atoms with Gasteiger partial charge in [-0.05, 0) is 73.3 Å². The third kappa shape index (κ3) is 3.94. The molecule has 5 heteroatoms. The normalized spacial score (nSPS) is 13.6. The predicted octanol–water partition coefficient (Wildman–Crippen LogP) is 5.16. The van der Waals surface area contributed by atoms with Gasteiger partial charge in [0.1, 0.15) is 17.3 Å². The maximum absolute atomic E-state index is 13.3. The second-order valence-electron chi connectivity index (χ2n) is 7.73. The van der Waals surface area contributed by atoms with Crippen LogP contribution < -0.4 is 10.1 Å². The number of halogens is 1. The fourth-order valence-corrected chi connectivity index (χ4v) is 4.10. The minimum absolute atomic E-state index is 0.332. The molecule has 1 aromatic heterocycles. The quantitative estimate of drug-likeness (QED) is 0.434. The van der Waals surface area contributed by atoms with Crippen LogP contribution in [-0.2, 0) is 12.8 Å². The Kier molecular flexibility index (Phi) is 5.20. The number of hydrogen-bond acceptors (Lipinski definition) is 4. The highest BCUT2D eigenvalue weighted by Crippen LogP contribution is 2.29. The summed E-state index contributed by atoms with van der Waals surface area (Å²) in [6.45, 7) is 1.61. The Bertz CT molecular complexity index is 1130. The van der Waals surface area contributed by atoms with E-state index in [0.29, 0.717) is 23.9 Å². The SMILES string of the molecule is Fc1ccc2c(-c3ccc(OCCCNC4Cc5ccccc5C4)cc3)noc2c1. The Balaban J connectivity index is 1.10. The smallest absolute Gasteiger partial charge is 0.170 e. The van der Waals surface area contributed by atoms with Crippen LogP contribution in [0.5, 0.6) is 5.75 Å². The molecule has 0 radical (unpaired) electrons. The zero-order valence-corrected chi connectivity index (χ0v) is 16.6. The van der Waals surface area contributed by atoms with Gasteiger partial charge in [-0.1, -0.05) is 29.4 Å². The standard InChI is InChI=1S/C25H23FN2O2/c26-20-8-11-23-24(16-20)30-28-25(23)17-6-9-22(10-7-17)29-13-3-12-27-21-14-18-4-1-2-5-19(18)15-21/h1-2,4-11,16,21,27H,3,12-15H2. The summed E-state index contributed by atoms with van der Waals surface area (Å²) in [5.74, 6) is 0.492. The molecule has 0 aliphatic heterocycles. The number of aromatic nitrogens is 1. The molecule has 0 saturated heterocycles. The lowest BCUT2D eigenvalue weighted by Gasteiger charge is -2.12. The summed E-state index contributed by atoms with van der Waals surface area (Å²) in [4.78, 5) is 0. The second-order valence-corrected chi connectivity index (χ2v) is 7.73. The van der Waals surface area contributed by atoms with Gasteiger partial charge in [0, 0.05) is 23.1 Å². The number of ether oxygens (including phenoxy) is 1. The number of rotatable bonds is 7. The van der Waals surface area contributed by atoms with E-state index in [1.165, 1.54) is 23.3 Å². The molecule has 1 aliphatic carbocycles. The van der Waals surface area contributed by atoms with E-state index in [9.17, 15) is 4.39 Å². The van der Waals surface area contributed by atoms with Crippen LogP contribution >= 0.6 is 0 Å². The summed E-state index contributed by atoms with van der Waals surface area (Å²) in [5.41, 5.74) is 5.00. The van der Waals surface area contributed by atoms with Crippen molar-refractivity contribution in [1.82, 2.24) is 10.5 Å². The van der Waals surface area contributed by atoms with Crippen molar-refractivity contribution in [2.24, 2.45) is 0 Å². The molecule has 4 aromatic rings. The van der Waals surface area contributed by atoms with Crippen LogP contribution in [0.2, 0.25) is 0 Å². The Labute approximate surface area is 174 Å². The van der Waals surface area contributed by atoms with E-state index < -0.39 is 0 Å². The van der Waals surface area contributed by atoms with Crippen LogP contribution in [0.25, 0.3) is 22.2 Å². The molecule has 0 spiro atoms. The van der Waals surface area contributed by atoms with Gasteiger partial charge in [-0.15, -0.1) is 0 Å². The van der Waals surface area contributed by atoms with Crippen molar-refractivity contribution in [3.63, 3.8) is 0 Å². The number of benzene rings is 3. The van der Waals surface area contributed by atoms with Crippen LogP contribution in [-0.4, -0.2) is 24.4 Å².